The van der Waals surface area contributed by atoms with Crippen molar-refractivity contribution in [3.8, 4) is 17.0 Å². The maximum atomic E-state index is 12.9. The number of methoxy groups -OCH3 is 1. The van der Waals surface area contributed by atoms with Crippen LogP contribution >= 0.6 is 34.5 Å². The van der Waals surface area contributed by atoms with E-state index in [1.807, 2.05) is 30.5 Å². The van der Waals surface area contributed by atoms with Gasteiger partial charge >= 0.3 is 5.97 Å². The van der Waals surface area contributed by atoms with E-state index >= 15 is 0 Å². The van der Waals surface area contributed by atoms with Crippen molar-refractivity contribution in [3.63, 3.8) is 0 Å². The van der Waals surface area contributed by atoms with Crippen molar-refractivity contribution in [2.45, 2.75) is 46.1 Å². The molecule has 1 amide bonds. The van der Waals surface area contributed by atoms with Crippen LogP contribution < -0.4 is 10.1 Å². The smallest absolute Gasteiger partial charge is 0.331 e. The highest BCUT2D eigenvalue weighted by molar-refractivity contribution is 7.14. The van der Waals surface area contributed by atoms with E-state index in [-0.39, 0.29) is 27.3 Å². The van der Waals surface area contributed by atoms with Crippen molar-refractivity contribution in [1.82, 2.24) is 4.98 Å². The number of ether oxygens (including phenoxy) is 2. The molecule has 3 rings (SSSR count). The second-order valence-corrected chi connectivity index (χ2v) is 10.3. The molecular weight excluding hydrogens is 547 g/mol. The summed E-state index contributed by atoms with van der Waals surface area (Å²) in [6.45, 7) is 6.27. The first-order valence-corrected chi connectivity index (χ1v) is 13.8. The molecule has 1 aromatic heterocycles. The predicted molar refractivity (Wildman–Crippen MR) is 154 cm³/mol. The number of anilines is 1. The lowest BCUT2D eigenvalue weighted by molar-refractivity contribution is -0.132. The van der Waals surface area contributed by atoms with Crippen LogP contribution in [0.2, 0.25) is 10.0 Å². The molecule has 0 radical (unpaired) electrons. The van der Waals surface area contributed by atoms with E-state index in [1.165, 1.54) is 36.5 Å². The Kier molecular flexibility index (Phi) is 10.7. The Labute approximate surface area is 236 Å². The van der Waals surface area contributed by atoms with E-state index in [9.17, 15) is 9.59 Å². The molecule has 0 fully saturated rings. The molecule has 0 bridgehead atoms. The van der Waals surface area contributed by atoms with Gasteiger partial charge in [0.15, 0.2) is 5.13 Å². The largest absolute Gasteiger partial charge is 0.496 e. The summed E-state index contributed by atoms with van der Waals surface area (Å²) in [6, 6.07) is 8.70. The lowest BCUT2D eigenvalue weighted by atomic mass is 10.0. The minimum absolute atomic E-state index is 0.0678. The van der Waals surface area contributed by atoms with Gasteiger partial charge in [-0.05, 0) is 44.5 Å². The fourth-order valence-electron chi connectivity index (χ4n) is 3.76. The van der Waals surface area contributed by atoms with Crippen LogP contribution in [-0.4, -0.2) is 35.7 Å². The molecule has 1 unspecified atom stereocenters. The van der Waals surface area contributed by atoms with Crippen LogP contribution in [0.3, 0.4) is 0 Å². The number of rotatable bonds is 12. The lowest BCUT2D eigenvalue weighted by Crippen LogP contribution is -2.12. The van der Waals surface area contributed by atoms with E-state index in [1.54, 1.807) is 7.11 Å². The molecule has 0 aliphatic heterocycles. The zero-order chi connectivity index (χ0) is 27.8. The highest BCUT2D eigenvalue weighted by Crippen LogP contribution is 2.38. The number of carbonyl (C=O) groups excluding carboxylic acids is 1. The fraction of sp³-hybridized carbons (Fsp3) is 0.321. The minimum atomic E-state index is -1.09. The molecule has 0 aliphatic rings. The van der Waals surface area contributed by atoms with E-state index < -0.39 is 11.9 Å². The van der Waals surface area contributed by atoms with Gasteiger partial charge in [0, 0.05) is 39.8 Å². The first-order valence-electron chi connectivity index (χ1n) is 12.1. The maximum Gasteiger partial charge on any atom is 0.331 e. The number of carboxylic acid groups (broad SMARTS) is 1. The monoisotopic (exact) mass is 576 g/mol. The number of halogens is 2. The number of benzene rings is 2. The number of hydrogen-bond donors (Lipinski definition) is 2. The Morgan fingerprint density at radius 2 is 1.92 bits per heavy atom. The first kappa shape index (κ1) is 29.6. The van der Waals surface area contributed by atoms with Crippen molar-refractivity contribution in [2.24, 2.45) is 0 Å². The van der Waals surface area contributed by atoms with Crippen molar-refractivity contribution >= 4 is 57.6 Å². The van der Waals surface area contributed by atoms with Crippen LogP contribution in [-0.2, 0) is 9.53 Å². The Bertz CT molecular complexity index is 1320. The van der Waals surface area contributed by atoms with Crippen LogP contribution in [0.1, 0.15) is 67.6 Å². The second-order valence-electron chi connectivity index (χ2n) is 8.63. The molecule has 0 spiro atoms. The average molecular weight is 578 g/mol. The number of aliphatic carboxylic acids is 1. The van der Waals surface area contributed by atoms with E-state index in [0.29, 0.717) is 28.7 Å². The van der Waals surface area contributed by atoms with Crippen LogP contribution in [0.25, 0.3) is 17.3 Å². The fourth-order valence-corrected chi connectivity index (χ4v) is 5.06. The van der Waals surface area contributed by atoms with Gasteiger partial charge in [0.05, 0.1) is 29.0 Å². The van der Waals surface area contributed by atoms with Gasteiger partial charge in [-0.2, -0.15) is 0 Å². The van der Waals surface area contributed by atoms with Crippen LogP contribution in [0, 0.1) is 0 Å². The summed E-state index contributed by atoms with van der Waals surface area (Å²) in [7, 11) is 1.62. The second kappa shape index (κ2) is 13.8. The van der Waals surface area contributed by atoms with Gasteiger partial charge in [0.25, 0.3) is 5.91 Å². The van der Waals surface area contributed by atoms with Gasteiger partial charge in [-0.25, -0.2) is 9.78 Å². The van der Waals surface area contributed by atoms with Gasteiger partial charge in [0.1, 0.15) is 5.75 Å². The van der Waals surface area contributed by atoms with Gasteiger partial charge in [0.2, 0.25) is 0 Å². The Morgan fingerprint density at radius 1 is 1.21 bits per heavy atom. The van der Waals surface area contributed by atoms with Crippen molar-refractivity contribution in [1.29, 1.82) is 0 Å². The summed E-state index contributed by atoms with van der Waals surface area (Å²) in [5.41, 5.74) is 2.99. The molecule has 0 saturated heterocycles. The van der Waals surface area contributed by atoms with Crippen LogP contribution in [0.4, 0.5) is 5.13 Å². The first-order chi connectivity index (χ1) is 18.2. The SMILES string of the molecule is CCCCCOC(C)c1cccc(-c2csc(NC(=O)c3cc(Cl)c(C=C(C)C(=O)O)c(Cl)c3)n2)c1OC. The summed E-state index contributed by atoms with van der Waals surface area (Å²) < 4.78 is 11.8. The summed E-state index contributed by atoms with van der Waals surface area (Å²) in [6.07, 6.45) is 4.48. The number of para-hydroxylation sites is 1. The third-order valence-corrected chi connectivity index (χ3v) is 7.23. The number of thiazole rings is 1. The molecule has 7 nitrogen and oxygen atoms in total. The molecule has 202 valence electrons. The number of aromatic nitrogens is 1. The van der Waals surface area contributed by atoms with E-state index in [4.69, 9.17) is 37.8 Å². The number of hydrogen-bond acceptors (Lipinski definition) is 6. The molecule has 2 N–H and O–H groups in total. The summed E-state index contributed by atoms with van der Waals surface area (Å²) in [5, 5.41) is 14.4. The van der Waals surface area contributed by atoms with Crippen LogP contribution in [0.15, 0.2) is 41.3 Å². The van der Waals surface area contributed by atoms with E-state index in [0.717, 1.165) is 30.4 Å². The topological polar surface area (TPSA) is 97.8 Å². The predicted octanol–water partition coefficient (Wildman–Crippen LogP) is 8.13. The number of unbranched alkanes of at least 4 members (excludes halogenated alkanes) is 2. The van der Waals surface area contributed by atoms with Crippen molar-refractivity contribution in [3.05, 3.63) is 68.0 Å². The summed E-state index contributed by atoms with van der Waals surface area (Å²) >= 11 is 13.9. The number of carbonyl (C=O) groups is 2. The Hall–Kier alpha value is -2.91. The third-order valence-electron chi connectivity index (χ3n) is 5.84. The highest BCUT2D eigenvalue weighted by atomic mass is 35.5. The molecule has 38 heavy (non-hydrogen) atoms. The number of carboxylic acids is 1. The van der Waals surface area contributed by atoms with Gasteiger partial charge in [-0.3, -0.25) is 10.1 Å². The number of nitrogens with one attached hydrogen (secondary N) is 1. The highest BCUT2D eigenvalue weighted by Gasteiger charge is 2.19. The van der Waals surface area contributed by atoms with Gasteiger partial charge in [-0.1, -0.05) is 55.1 Å². The standard InChI is InChI=1S/C28H30Cl2N2O5S/c1-5-6-7-11-37-17(3)19-9-8-10-20(25(19)36-4)24-15-38-28(31-24)32-26(33)18-13-22(29)21(23(30)14-18)12-16(2)27(34)35/h8-10,12-15,17H,5-7,11H2,1-4H3,(H,34,35)(H,31,32,33). The van der Waals surface area contributed by atoms with Crippen molar-refractivity contribution in [2.75, 3.05) is 19.0 Å². The zero-order valence-electron chi connectivity index (χ0n) is 21.6. The van der Waals surface area contributed by atoms with E-state index in [2.05, 4.69) is 17.2 Å². The minimum Gasteiger partial charge on any atom is -0.496 e. The molecular formula is C28H30Cl2N2O5S. The van der Waals surface area contributed by atoms with Crippen LogP contribution in [0.5, 0.6) is 5.75 Å². The summed E-state index contributed by atoms with van der Waals surface area (Å²) in [4.78, 5) is 28.6. The number of amides is 1. The quantitative estimate of drug-likeness (QED) is 0.167. The molecule has 3 aromatic rings. The normalized spacial score (nSPS) is 12.3. The Morgan fingerprint density at radius 3 is 2.55 bits per heavy atom. The molecule has 2 aromatic carbocycles. The summed E-state index contributed by atoms with van der Waals surface area (Å²) in [5.74, 6) is -0.859. The molecule has 1 heterocycles. The molecule has 10 heteroatoms. The average Bonchev–Trinajstić information content (AvgIpc) is 3.35. The lowest BCUT2D eigenvalue weighted by Gasteiger charge is -2.18. The molecule has 1 atom stereocenters. The van der Waals surface area contributed by atoms with Gasteiger partial charge < -0.3 is 14.6 Å². The Balaban J connectivity index is 1.79. The van der Waals surface area contributed by atoms with Crippen molar-refractivity contribution < 1.29 is 24.2 Å². The zero-order valence-corrected chi connectivity index (χ0v) is 24.0. The van der Waals surface area contributed by atoms with Gasteiger partial charge in [-0.15, -0.1) is 11.3 Å². The molecule has 0 saturated carbocycles. The third kappa shape index (κ3) is 7.35. The number of nitrogens with zero attached hydrogens (tertiary/aromatic N) is 1. The maximum absolute atomic E-state index is 12.9. The molecule has 0 aliphatic carbocycles.